The first kappa shape index (κ1) is 12.7. The summed E-state index contributed by atoms with van der Waals surface area (Å²) in [5.74, 6) is -0.462. The van der Waals surface area contributed by atoms with Crippen LogP contribution in [0, 0.1) is 5.82 Å². The van der Waals surface area contributed by atoms with Crippen molar-refractivity contribution in [2.45, 2.75) is 6.61 Å². The molecule has 1 aromatic heterocycles. The first-order valence-corrected chi connectivity index (χ1v) is 5.38. The summed E-state index contributed by atoms with van der Waals surface area (Å²) in [6.45, 7) is -0.0307. The van der Waals surface area contributed by atoms with Crippen molar-refractivity contribution in [1.29, 1.82) is 0 Å². The Kier molecular flexibility index (Phi) is 3.87. The van der Waals surface area contributed by atoms with Crippen LogP contribution < -0.4 is 10.5 Å². The normalized spacial score (nSPS) is 11.3. The molecule has 7 heteroatoms. The van der Waals surface area contributed by atoms with Crippen LogP contribution in [0.1, 0.15) is 11.1 Å². The molecular formula is C12H11FN4O2. The molecule has 3 N–H and O–H groups in total. The number of oxime groups is 1. The van der Waals surface area contributed by atoms with Gasteiger partial charge in [0, 0.05) is 5.56 Å². The summed E-state index contributed by atoms with van der Waals surface area (Å²) in [5, 5.41) is 18.9. The Hall–Kier alpha value is -2.70. The highest BCUT2D eigenvalue weighted by Gasteiger charge is 2.11. The Bertz CT molecular complexity index is 604. The van der Waals surface area contributed by atoms with Gasteiger partial charge in [-0.3, -0.25) is 0 Å². The second kappa shape index (κ2) is 5.76. The molecule has 0 fully saturated rings. The molecule has 0 bridgehead atoms. The number of rotatable bonds is 4. The summed E-state index contributed by atoms with van der Waals surface area (Å²) in [4.78, 5) is 0. The minimum absolute atomic E-state index is 0.0307. The molecule has 98 valence electrons. The van der Waals surface area contributed by atoms with Crippen molar-refractivity contribution in [3.63, 3.8) is 0 Å². The lowest BCUT2D eigenvalue weighted by molar-refractivity contribution is 0.283. The SMILES string of the molecule is N/C(=N/O)c1ccnnc1OCc1ccccc1F. The van der Waals surface area contributed by atoms with Crippen LogP contribution in [-0.4, -0.2) is 21.2 Å². The Morgan fingerprint density at radius 1 is 1.37 bits per heavy atom. The van der Waals surface area contributed by atoms with E-state index in [9.17, 15) is 4.39 Å². The van der Waals surface area contributed by atoms with E-state index in [4.69, 9.17) is 15.7 Å². The third-order valence-electron chi connectivity index (χ3n) is 2.39. The summed E-state index contributed by atoms with van der Waals surface area (Å²) < 4.78 is 18.8. The molecule has 0 saturated heterocycles. The lowest BCUT2D eigenvalue weighted by atomic mass is 10.2. The third-order valence-corrected chi connectivity index (χ3v) is 2.39. The molecule has 0 spiro atoms. The molecular weight excluding hydrogens is 251 g/mol. The molecule has 0 aliphatic carbocycles. The number of halogens is 1. The van der Waals surface area contributed by atoms with Crippen LogP contribution in [-0.2, 0) is 6.61 Å². The molecule has 0 amide bonds. The third kappa shape index (κ3) is 2.95. The zero-order valence-corrected chi connectivity index (χ0v) is 9.82. The van der Waals surface area contributed by atoms with Crippen LogP contribution in [0.4, 0.5) is 4.39 Å². The van der Waals surface area contributed by atoms with E-state index in [0.29, 0.717) is 5.56 Å². The smallest absolute Gasteiger partial charge is 0.244 e. The summed E-state index contributed by atoms with van der Waals surface area (Å²) in [5.41, 5.74) is 6.13. The van der Waals surface area contributed by atoms with Gasteiger partial charge in [-0.15, -0.1) is 5.10 Å². The highest BCUT2D eigenvalue weighted by atomic mass is 19.1. The monoisotopic (exact) mass is 262 g/mol. The lowest BCUT2D eigenvalue weighted by Gasteiger charge is -2.08. The highest BCUT2D eigenvalue weighted by molar-refractivity contribution is 5.98. The van der Waals surface area contributed by atoms with Gasteiger partial charge in [0.1, 0.15) is 12.4 Å². The Morgan fingerprint density at radius 3 is 2.89 bits per heavy atom. The molecule has 19 heavy (non-hydrogen) atoms. The van der Waals surface area contributed by atoms with Gasteiger partial charge in [0.2, 0.25) is 5.88 Å². The van der Waals surface area contributed by atoms with Crippen LogP contribution in [0.5, 0.6) is 5.88 Å². The van der Waals surface area contributed by atoms with Crippen molar-refractivity contribution < 1.29 is 14.3 Å². The number of hydrogen-bond acceptors (Lipinski definition) is 5. The van der Waals surface area contributed by atoms with Crippen molar-refractivity contribution in [2.75, 3.05) is 0 Å². The molecule has 0 atom stereocenters. The number of hydrogen-bond donors (Lipinski definition) is 2. The first-order chi connectivity index (χ1) is 9.22. The average Bonchev–Trinajstić information content (AvgIpc) is 2.46. The van der Waals surface area contributed by atoms with Crippen molar-refractivity contribution in [3.8, 4) is 5.88 Å². The fraction of sp³-hybridized carbons (Fsp3) is 0.0833. The Labute approximate surface area is 108 Å². The summed E-state index contributed by atoms with van der Waals surface area (Å²) >= 11 is 0. The quantitative estimate of drug-likeness (QED) is 0.375. The van der Waals surface area contributed by atoms with E-state index in [-0.39, 0.29) is 29.7 Å². The zero-order valence-electron chi connectivity index (χ0n) is 9.82. The van der Waals surface area contributed by atoms with E-state index in [1.165, 1.54) is 18.3 Å². The van der Waals surface area contributed by atoms with Crippen molar-refractivity contribution in [2.24, 2.45) is 10.9 Å². The lowest BCUT2D eigenvalue weighted by Crippen LogP contribution is -2.16. The predicted octanol–water partition coefficient (Wildman–Crippen LogP) is 1.29. The Balaban J connectivity index is 2.19. The first-order valence-electron chi connectivity index (χ1n) is 5.38. The highest BCUT2D eigenvalue weighted by Crippen LogP contribution is 2.15. The van der Waals surface area contributed by atoms with E-state index in [0.717, 1.165) is 0 Å². The minimum Gasteiger partial charge on any atom is -0.471 e. The van der Waals surface area contributed by atoms with Crippen LogP contribution >= 0.6 is 0 Å². The van der Waals surface area contributed by atoms with E-state index in [1.807, 2.05) is 0 Å². The molecule has 6 nitrogen and oxygen atoms in total. The number of nitrogens with two attached hydrogens (primary N) is 1. The van der Waals surface area contributed by atoms with Gasteiger partial charge in [0.15, 0.2) is 5.84 Å². The van der Waals surface area contributed by atoms with Crippen molar-refractivity contribution in [3.05, 3.63) is 53.5 Å². The van der Waals surface area contributed by atoms with Gasteiger partial charge < -0.3 is 15.7 Å². The number of amidine groups is 1. The maximum Gasteiger partial charge on any atom is 0.244 e. The number of aromatic nitrogens is 2. The standard InChI is InChI=1S/C12H11FN4O2/c13-10-4-2-1-3-8(10)7-19-12-9(11(14)17-18)5-6-15-16-12/h1-6,18H,7H2,(H2,14,17). The molecule has 1 aromatic carbocycles. The molecule has 1 heterocycles. The van der Waals surface area contributed by atoms with Gasteiger partial charge in [-0.25, -0.2) is 4.39 Å². The maximum absolute atomic E-state index is 13.4. The molecule has 0 aliphatic heterocycles. The fourth-order valence-electron chi connectivity index (χ4n) is 1.44. The van der Waals surface area contributed by atoms with Gasteiger partial charge in [0.05, 0.1) is 11.8 Å². The molecule has 0 unspecified atom stereocenters. The van der Waals surface area contributed by atoms with Gasteiger partial charge in [0.25, 0.3) is 0 Å². The van der Waals surface area contributed by atoms with Crippen LogP contribution in [0.3, 0.4) is 0 Å². The van der Waals surface area contributed by atoms with E-state index >= 15 is 0 Å². The number of ether oxygens (including phenoxy) is 1. The van der Waals surface area contributed by atoms with Gasteiger partial charge in [-0.05, 0) is 12.1 Å². The van der Waals surface area contributed by atoms with Gasteiger partial charge in [-0.2, -0.15) is 5.10 Å². The van der Waals surface area contributed by atoms with Crippen molar-refractivity contribution in [1.82, 2.24) is 10.2 Å². The summed E-state index contributed by atoms with van der Waals surface area (Å²) in [6, 6.07) is 7.69. The van der Waals surface area contributed by atoms with Crippen LogP contribution in [0.2, 0.25) is 0 Å². The van der Waals surface area contributed by atoms with E-state index in [2.05, 4.69) is 15.4 Å². The summed E-state index contributed by atoms with van der Waals surface area (Å²) in [6.07, 6.45) is 1.38. The Morgan fingerprint density at radius 2 is 2.16 bits per heavy atom. The molecule has 0 saturated carbocycles. The zero-order chi connectivity index (χ0) is 13.7. The summed E-state index contributed by atoms with van der Waals surface area (Å²) in [7, 11) is 0. The van der Waals surface area contributed by atoms with Crippen molar-refractivity contribution >= 4 is 5.84 Å². The van der Waals surface area contributed by atoms with Gasteiger partial charge in [-0.1, -0.05) is 23.4 Å². The average molecular weight is 262 g/mol. The van der Waals surface area contributed by atoms with Gasteiger partial charge >= 0.3 is 0 Å². The molecule has 2 rings (SSSR count). The second-order valence-electron chi connectivity index (χ2n) is 3.62. The molecule has 2 aromatic rings. The van der Waals surface area contributed by atoms with Crippen LogP contribution in [0.25, 0.3) is 0 Å². The maximum atomic E-state index is 13.4. The van der Waals surface area contributed by atoms with E-state index in [1.54, 1.807) is 18.2 Å². The molecule has 0 radical (unpaired) electrons. The largest absolute Gasteiger partial charge is 0.471 e. The fourth-order valence-corrected chi connectivity index (χ4v) is 1.44. The van der Waals surface area contributed by atoms with E-state index < -0.39 is 0 Å². The predicted molar refractivity (Wildman–Crippen MR) is 65.3 cm³/mol. The second-order valence-corrected chi connectivity index (χ2v) is 3.62. The minimum atomic E-state index is -0.378. The number of nitrogens with zero attached hydrogens (tertiary/aromatic N) is 3. The molecule has 0 aliphatic rings. The van der Waals surface area contributed by atoms with Crippen LogP contribution in [0.15, 0.2) is 41.7 Å². The topological polar surface area (TPSA) is 93.6 Å². The number of benzene rings is 1.